The van der Waals surface area contributed by atoms with Crippen molar-refractivity contribution in [3.05, 3.63) is 0 Å². The van der Waals surface area contributed by atoms with Gasteiger partial charge in [0.25, 0.3) is 0 Å². The molecule has 0 amide bonds. The van der Waals surface area contributed by atoms with E-state index < -0.39 is 0 Å². The highest BCUT2D eigenvalue weighted by Crippen LogP contribution is 2.67. The van der Waals surface area contributed by atoms with E-state index in [0.717, 1.165) is 0 Å². The molecule has 78 valence electrons. The van der Waals surface area contributed by atoms with Gasteiger partial charge < -0.3 is 9.84 Å². The van der Waals surface area contributed by atoms with E-state index in [0.29, 0.717) is 11.8 Å². The zero-order chi connectivity index (χ0) is 9.92. The zero-order valence-corrected chi connectivity index (χ0v) is 8.40. The Kier molecular flexibility index (Phi) is 1.56. The standard InChI is InChI=1S/C11H16O3/c1-11-7-4-2-3-6(7)9(11)10(13)14-8(11)5-12/h6-9,12H,2-5H2,1H3. The smallest absolute Gasteiger partial charge is 0.310 e. The minimum atomic E-state index is -0.237. The van der Waals surface area contributed by atoms with Crippen LogP contribution in [0.5, 0.6) is 0 Å². The second kappa shape index (κ2) is 2.51. The largest absolute Gasteiger partial charge is 0.459 e. The molecule has 0 radical (unpaired) electrons. The van der Waals surface area contributed by atoms with E-state index in [1.54, 1.807) is 0 Å². The molecule has 1 heterocycles. The molecule has 0 aromatic heterocycles. The third kappa shape index (κ3) is 0.724. The van der Waals surface area contributed by atoms with Gasteiger partial charge in [-0.1, -0.05) is 13.3 Å². The van der Waals surface area contributed by atoms with Crippen molar-refractivity contribution >= 4 is 5.97 Å². The van der Waals surface area contributed by atoms with Gasteiger partial charge in [0.05, 0.1) is 12.5 Å². The van der Waals surface area contributed by atoms with Gasteiger partial charge in [-0.3, -0.25) is 4.79 Å². The maximum absolute atomic E-state index is 11.6. The summed E-state index contributed by atoms with van der Waals surface area (Å²) in [5, 5.41) is 9.21. The number of esters is 1. The van der Waals surface area contributed by atoms with Crippen LogP contribution in [0.4, 0.5) is 0 Å². The van der Waals surface area contributed by atoms with Crippen LogP contribution in [0.3, 0.4) is 0 Å². The first-order valence-electron chi connectivity index (χ1n) is 5.51. The summed E-state index contributed by atoms with van der Waals surface area (Å²) < 4.78 is 5.25. The van der Waals surface area contributed by atoms with E-state index in [-0.39, 0.29) is 30.0 Å². The lowest BCUT2D eigenvalue weighted by molar-refractivity contribution is -0.148. The quantitative estimate of drug-likeness (QED) is 0.635. The van der Waals surface area contributed by atoms with Crippen molar-refractivity contribution in [1.29, 1.82) is 0 Å². The van der Waals surface area contributed by atoms with E-state index in [2.05, 4.69) is 6.92 Å². The normalized spacial score (nSPS) is 54.9. The number of fused-ring (bicyclic) bond motifs is 4. The minimum Gasteiger partial charge on any atom is -0.459 e. The number of rotatable bonds is 1. The van der Waals surface area contributed by atoms with Gasteiger partial charge in [0.2, 0.25) is 0 Å². The van der Waals surface area contributed by atoms with Gasteiger partial charge in [0, 0.05) is 5.41 Å². The number of carbonyl (C=O) groups excluding carboxylic acids is 1. The molecule has 3 fully saturated rings. The second-order valence-electron chi connectivity index (χ2n) is 5.15. The highest BCUT2D eigenvalue weighted by molar-refractivity contribution is 5.78. The molecule has 3 heteroatoms. The molecule has 0 aromatic carbocycles. The van der Waals surface area contributed by atoms with Gasteiger partial charge in [0.1, 0.15) is 6.10 Å². The summed E-state index contributed by atoms with van der Waals surface area (Å²) >= 11 is 0. The molecule has 0 aromatic rings. The molecule has 5 atom stereocenters. The SMILES string of the molecule is CC12C(CO)OC(=O)C1C1CCCC12. The van der Waals surface area contributed by atoms with Crippen molar-refractivity contribution in [2.45, 2.75) is 32.3 Å². The number of hydrogen-bond donors (Lipinski definition) is 1. The molecule has 0 bridgehead atoms. The van der Waals surface area contributed by atoms with Gasteiger partial charge >= 0.3 is 5.97 Å². The first-order valence-corrected chi connectivity index (χ1v) is 5.51. The summed E-state index contributed by atoms with van der Waals surface area (Å²) in [6, 6.07) is 0. The second-order valence-corrected chi connectivity index (χ2v) is 5.15. The Morgan fingerprint density at radius 1 is 1.57 bits per heavy atom. The Bertz CT molecular complexity index is 288. The number of hydrogen-bond acceptors (Lipinski definition) is 3. The Hall–Kier alpha value is -0.570. The summed E-state index contributed by atoms with van der Waals surface area (Å²) in [6.07, 6.45) is 3.40. The Morgan fingerprint density at radius 2 is 2.36 bits per heavy atom. The maximum Gasteiger partial charge on any atom is 0.310 e. The van der Waals surface area contributed by atoms with Crippen molar-refractivity contribution < 1.29 is 14.6 Å². The van der Waals surface area contributed by atoms with Crippen molar-refractivity contribution in [3.63, 3.8) is 0 Å². The summed E-state index contributed by atoms with van der Waals surface area (Å²) in [7, 11) is 0. The van der Waals surface area contributed by atoms with Crippen molar-refractivity contribution in [3.8, 4) is 0 Å². The fourth-order valence-corrected chi connectivity index (χ4v) is 4.18. The predicted molar refractivity (Wildman–Crippen MR) is 49.4 cm³/mol. The van der Waals surface area contributed by atoms with Gasteiger partial charge in [-0.05, 0) is 24.7 Å². The highest BCUT2D eigenvalue weighted by Gasteiger charge is 2.71. The van der Waals surface area contributed by atoms with E-state index in [9.17, 15) is 9.90 Å². The van der Waals surface area contributed by atoms with E-state index in [1.807, 2.05) is 0 Å². The van der Waals surface area contributed by atoms with E-state index in [4.69, 9.17) is 4.74 Å². The highest BCUT2D eigenvalue weighted by atomic mass is 16.6. The van der Waals surface area contributed by atoms with Crippen molar-refractivity contribution in [2.24, 2.45) is 23.2 Å². The van der Waals surface area contributed by atoms with Crippen LogP contribution in [-0.2, 0) is 9.53 Å². The molecule has 2 saturated carbocycles. The number of carbonyl (C=O) groups is 1. The molecule has 1 aliphatic heterocycles. The average molecular weight is 196 g/mol. The van der Waals surface area contributed by atoms with Crippen LogP contribution in [0.25, 0.3) is 0 Å². The van der Waals surface area contributed by atoms with Crippen LogP contribution < -0.4 is 0 Å². The van der Waals surface area contributed by atoms with Crippen LogP contribution in [0.15, 0.2) is 0 Å². The van der Waals surface area contributed by atoms with Crippen LogP contribution >= 0.6 is 0 Å². The Balaban J connectivity index is 1.96. The summed E-state index contributed by atoms with van der Waals surface area (Å²) in [5.41, 5.74) is -0.0486. The summed E-state index contributed by atoms with van der Waals surface area (Å²) in [6.45, 7) is 2.11. The molecular weight excluding hydrogens is 180 g/mol. The fourth-order valence-electron chi connectivity index (χ4n) is 4.18. The topological polar surface area (TPSA) is 46.5 Å². The Morgan fingerprint density at radius 3 is 3.07 bits per heavy atom. The Labute approximate surface area is 83.4 Å². The molecule has 1 saturated heterocycles. The molecule has 14 heavy (non-hydrogen) atoms. The minimum absolute atomic E-state index is 0.0119. The molecule has 0 spiro atoms. The summed E-state index contributed by atoms with van der Waals surface area (Å²) in [4.78, 5) is 11.6. The van der Waals surface area contributed by atoms with Crippen LogP contribution in [0.1, 0.15) is 26.2 Å². The monoisotopic (exact) mass is 196 g/mol. The lowest BCUT2D eigenvalue weighted by atomic mass is 9.48. The first kappa shape index (κ1) is 8.72. The third-order valence-electron chi connectivity index (χ3n) is 4.84. The number of cyclic esters (lactones) is 1. The molecule has 3 aliphatic rings. The molecule has 3 nitrogen and oxygen atoms in total. The van der Waals surface area contributed by atoms with E-state index in [1.165, 1.54) is 19.3 Å². The molecule has 5 unspecified atom stereocenters. The third-order valence-corrected chi connectivity index (χ3v) is 4.84. The van der Waals surface area contributed by atoms with Gasteiger partial charge in [0.15, 0.2) is 0 Å². The van der Waals surface area contributed by atoms with Crippen molar-refractivity contribution in [1.82, 2.24) is 0 Å². The van der Waals surface area contributed by atoms with Gasteiger partial charge in [-0.2, -0.15) is 0 Å². The molecule has 3 rings (SSSR count). The lowest BCUT2D eigenvalue weighted by Crippen LogP contribution is -2.56. The number of ether oxygens (including phenoxy) is 1. The molecular formula is C11H16O3. The number of aliphatic hydroxyl groups is 1. The molecule has 2 aliphatic carbocycles. The fraction of sp³-hybridized carbons (Fsp3) is 0.909. The van der Waals surface area contributed by atoms with Crippen LogP contribution in [0, 0.1) is 23.2 Å². The van der Waals surface area contributed by atoms with E-state index >= 15 is 0 Å². The van der Waals surface area contributed by atoms with Crippen LogP contribution in [-0.4, -0.2) is 23.8 Å². The molecule has 1 N–H and O–H groups in total. The first-order chi connectivity index (χ1) is 6.69. The predicted octanol–water partition coefficient (Wildman–Crippen LogP) is 0.957. The van der Waals surface area contributed by atoms with Gasteiger partial charge in [-0.15, -0.1) is 0 Å². The summed E-state index contributed by atoms with van der Waals surface area (Å²) in [5.74, 6) is 1.21. The van der Waals surface area contributed by atoms with Crippen LogP contribution in [0.2, 0.25) is 0 Å². The number of aliphatic hydroxyl groups excluding tert-OH is 1. The maximum atomic E-state index is 11.6. The zero-order valence-electron chi connectivity index (χ0n) is 8.40. The average Bonchev–Trinajstić information content (AvgIpc) is 2.65. The lowest BCUT2D eigenvalue weighted by Gasteiger charge is -2.52. The van der Waals surface area contributed by atoms with Crippen molar-refractivity contribution in [2.75, 3.05) is 6.61 Å². The van der Waals surface area contributed by atoms with Gasteiger partial charge in [-0.25, -0.2) is 0 Å².